The molecular formula is C32H38N10OS. The molecule has 9 rings (SSSR count). The molecule has 0 radical (unpaired) electrons. The van der Waals surface area contributed by atoms with E-state index in [9.17, 15) is 4.79 Å². The number of thiazole rings is 1. The third-order valence-electron chi connectivity index (χ3n) is 9.86. The largest absolute Gasteiger partial charge is 0.365 e. The zero-order valence-corrected chi connectivity index (χ0v) is 25.7. The molecule has 6 heterocycles. The molecule has 0 atom stereocenters. The Bertz CT molecular complexity index is 1670. The zero-order valence-electron chi connectivity index (χ0n) is 24.9. The average molecular weight is 611 g/mol. The third kappa shape index (κ3) is 5.33. The molecule has 0 bridgehead atoms. The summed E-state index contributed by atoms with van der Waals surface area (Å²) in [6, 6.07) is 2.98. The van der Waals surface area contributed by atoms with Crippen molar-refractivity contribution in [1.82, 2.24) is 38.9 Å². The van der Waals surface area contributed by atoms with Crippen molar-refractivity contribution < 1.29 is 4.79 Å². The number of hydrogen-bond acceptors (Lipinski definition) is 9. The van der Waals surface area contributed by atoms with Gasteiger partial charge in [-0.05, 0) is 50.5 Å². The van der Waals surface area contributed by atoms with Crippen molar-refractivity contribution in [3.8, 4) is 16.5 Å². The summed E-state index contributed by atoms with van der Waals surface area (Å²) in [4.78, 5) is 39.7. The highest BCUT2D eigenvalue weighted by Gasteiger charge is 2.36. The van der Waals surface area contributed by atoms with E-state index in [0.717, 1.165) is 60.0 Å². The number of nitrogens with one attached hydrogen (secondary N) is 1. The molecule has 1 N–H and O–H groups in total. The second-order valence-corrected chi connectivity index (χ2v) is 14.1. The van der Waals surface area contributed by atoms with Gasteiger partial charge in [0.1, 0.15) is 11.5 Å². The Balaban J connectivity index is 0.913. The lowest BCUT2D eigenvalue weighted by Gasteiger charge is -2.49. The van der Waals surface area contributed by atoms with Crippen molar-refractivity contribution >= 4 is 28.7 Å². The molecule has 3 saturated carbocycles. The lowest BCUT2D eigenvalue weighted by Crippen LogP contribution is -2.63. The second kappa shape index (κ2) is 10.8. The lowest BCUT2D eigenvalue weighted by molar-refractivity contribution is 0.0809. The number of piperazine rings is 1. The number of nitrogens with zero attached hydrogens (tertiary/aromatic N) is 9. The Morgan fingerprint density at radius 1 is 0.955 bits per heavy atom. The van der Waals surface area contributed by atoms with Gasteiger partial charge in [-0.3, -0.25) is 9.69 Å². The normalized spacial score (nSPS) is 21.5. The lowest BCUT2D eigenvalue weighted by atomic mass is 10.0. The highest BCUT2D eigenvalue weighted by Crippen LogP contribution is 2.40. The van der Waals surface area contributed by atoms with E-state index < -0.39 is 0 Å². The van der Waals surface area contributed by atoms with Crippen molar-refractivity contribution in [3.05, 3.63) is 53.9 Å². The fourth-order valence-electron chi connectivity index (χ4n) is 6.67. The molecular weight excluding hydrogens is 572 g/mol. The summed E-state index contributed by atoms with van der Waals surface area (Å²) in [5, 5.41) is 5.66. The summed E-state index contributed by atoms with van der Waals surface area (Å²) in [5.41, 5.74) is 3.49. The van der Waals surface area contributed by atoms with Crippen molar-refractivity contribution in [1.29, 1.82) is 0 Å². The topological polar surface area (TPSA) is 100 Å². The fourth-order valence-corrected chi connectivity index (χ4v) is 7.42. The molecule has 2 saturated heterocycles. The first-order chi connectivity index (χ1) is 21.6. The van der Waals surface area contributed by atoms with Crippen molar-refractivity contribution in [3.63, 3.8) is 0 Å². The van der Waals surface area contributed by atoms with Crippen LogP contribution in [0.4, 0.5) is 11.5 Å². The minimum Gasteiger partial charge on any atom is -0.365 e. The van der Waals surface area contributed by atoms with Gasteiger partial charge in [-0.25, -0.2) is 19.9 Å². The smallest absolute Gasteiger partial charge is 0.275 e. The number of rotatable bonds is 10. The van der Waals surface area contributed by atoms with Crippen LogP contribution in [-0.4, -0.2) is 96.6 Å². The van der Waals surface area contributed by atoms with Gasteiger partial charge in [0.15, 0.2) is 10.8 Å². The monoisotopic (exact) mass is 610 g/mol. The quantitative estimate of drug-likeness (QED) is 0.284. The minimum absolute atomic E-state index is 0.270. The van der Waals surface area contributed by atoms with Gasteiger partial charge in [0.25, 0.3) is 5.91 Å². The summed E-state index contributed by atoms with van der Waals surface area (Å²) in [6.45, 7) is 7.93. The predicted octanol–water partition coefficient (Wildman–Crippen LogP) is 4.27. The summed E-state index contributed by atoms with van der Waals surface area (Å²) in [5.74, 6) is 2.64. The second-order valence-electron chi connectivity index (χ2n) is 13.3. The van der Waals surface area contributed by atoms with E-state index in [1.54, 1.807) is 0 Å². The molecule has 228 valence electrons. The molecule has 5 aliphatic rings. The molecule has 5 fully saturated rings. The molecule has 1 amide bonds. The van der Waals surface area contributed by atoms with Crippen LogP contribution in [-0.2, 0) is 0 Å². The predicted molar refractivity (Wildman–Crippen MR) is 170 cm³/mol. The molecule has 12 heteroatoms. The van der Waals surface area contributed by atoms with Crippen molar-refractivity contribution in [2.24, 2.45) is 5.92 Å². The first-order valence-corrected chi connectivity index (χ1v) is 17.1. The van der Waals surface area contributed by atoms with Gasteiger partial charge >= 0.3 is 0 Å². The number of amides is 1. The van der Waals surface area contributed by atoms with Gasteiger partial charge in [0.05, 0.1) is 29.6 Å². The molecule has 0 unspecified atom stereocenters. The van der Waals surface area contributed by atoms with Gasteiger partial charge in [0.2, 0.25) is 0 Å². The highest BCUT2D eigenvalue weighted by molar-refractivity contribution is 7.13. The van der Waals surface area contributed by atoms with Crippen LogP contribution < -0.4 is 10.2 Å². The first kappa shape index (κ1) is 26.8. The Morgan fingerprint density at radius 3 is 2.57 bits per heavy atom. The van der Waals surface area contributed by atoms with Crippen LogP contribution in [0.25, 0.3) is 16.5 Å². The molecule has 3 aliphatic carbocycles. The Kier molecular flexibility index (Phi) is 6.56. The van der Waals surface area contributed by atoms with Crippen LogP contribution >= 0.6 is 11.3 Å². The number of carbonyl (C=O) groups excluding carboxylic acids is 1. The van der Waals surface area contributed by atoms with Gasteiger partial charge < -0.3 is 24.3 Å². The Labute approximate surface area is 260 Å². The molecule has 44 heavy (non-hydrogen) atoms. The summed E-state index contributed by atoms with van der Waals surface area (Å²) in [7, 11) is 0. The van der Waals surface area contributed by atoms with E-state index in [1.165, 1.54) is 69.5 Å². The van der Waals surface area contributed by atoms with Crippen LogP contribution in [0.3, 0.4) is 0 Å². The minimum atomic E-state index is -0.270. The zero-order chi connectivity index (χ0) is 29.2. The fraction of sp³-hybridized carbons (Fsp3) is 0.531. The van der Waals surface area contributed by atoms with Crippen LogP contribution in [0.15, 0.2) is 42.6 Å². The number of anilines is 2. The number of imidazole rings is 2. The van der Waals surface area contributed by atoms with Crippen LogP contribution in [0.5, 0.6) is 0 Å². The Hall–Kier alpha value is -3.61. The molecule has 0 aromatic carbocycles. The summed E-state index contributed by atoms with van der Waals surface area (Å²) < 4.78 is 4.26. The number of hydrogen-bond donors (Lipinski definition) is 1. The number of pyridine rings is 1. The molecule has 11 nitrogen and oxygen atoms in total. The molecule has 2 aliphatic heterocycles. The standard InChI is InChI=1S/C32H38N10OS/c43-31(36-29-19-44-32(37-29)30-33-7-8-42(30)23-5-6-23)25-13-27(41-18-26(35-20-41)22-3-4-22)28(14-34-25)40-16-24(17-40)39-11-9-38(10-12-39)15-21-1-2-21/h7-8,13-14,18-24H,1-6,9-12,15-17H2,(H,36,43). The maximum absolute atomic E-state index is 13.4. The Morgan fingerprint density at radius 2 is 1.80 bits per heavy atom. The third-order valence-corrected chi connectivity index (χ3v) is 10.7. The van der Waals surface area contributed by atoms with Gasteiger partial charge in [-0.15, -0.1) is 11.3 Å². The molecule has 4 aromatic rings. The van der Waals surface area contributed by atoms with Crippen LogP contribution in [0, 0.1) is 5.92 Å². The van der Waals surface area contributed by atoms with E-state index in [1.807, 2.05) is 36.4 Å². The van der Waals surface area contributed by atoms with E-state index in [0.29, 0.717) is 29.5 Å². The van der Waals surface area contributed by atoms with E-state index >= 15 is 0 Å². The summed E-state index contributed by atoms with van der Waals surface area (Å²) in [6.07, 6.45) is 17.3. The van der Waals surface area contributed by atoms with E-state index in [4.69, 9.17) is 4.98 Å². The van der Waals surface area contributed by atoms with Gasteiger partial charge in [-0.2, -0.15) is 0 Å². The molecule has 0 spiro atoms. The first-order valence-electron chi connectivity index (χ1n) is 16.2. The van der Waals surface area contributed by atoms with Crippen molar-refractivity contribution in [2.45, 2.75) is 56.5 Å². The van der Waals surface area contributed by atoms with Gasteiger partial charge in [0, 0.05) is 87.8 Å². The maximum atomic E-state index is 13.4. The molecule has 4 aromatic heterocycles. The van der Waals surface area contributed by atoms with Crippen molar-refractivity contribution in [2.75, 3.05) is 56.0 Å². The van der Waals surface area contributed by atoms with Gasteiger partial charge in [-0.1, -0.05) is 0 Å². The van der Waals surface area contributed by atoms with E-state index in [2.05, 4.69) is 50.3 Å². The van der Waals surface area contributed by atoms with Crippen LogP contribution in [0.1, 0.15) is 66.7 Å². The number of aromatic nitrogens is 6. The SMILES string of the molecule is O=C(Nc1csc(-c2nccn2C2CC2)n1)c1cc(-n2cnc(C3CC3)c2)c(N2CC(N3CCN(CC4CC4)CC3)C2)cn1. The van der Waals surface area contributed by atoms with Crippen LogP contribution in [0.2, 0.25) is 0 Å². The average Bonchev–Trinajstić information content (AvgIpc) is 4.00. The maximum Gasteiger partial charge on any atom is 0.275 e. The summed E-state index contributed by atoms with van der Waals surface area (Å²) >= 11 is 1.49. The highest BCUT2D eigenvalue weighted by atomic mass is 32.1. The number of carbonyl (C=O) groups is 1. The van der Waals surface area contributed by atoms with E-state index in [-0.39, 0.29) is 5.91 Å².